The monoisotopic (exact) mass is 534 g/mol. The zero-order valence-electron chi connectivity index (χ0n) is 20.7. The molecule has 202 valence electrons. The van der Waals surface area contributed by atoms with E-state index in [-0.39, 0.29) is 30.3 Å². The second-order valence-corrected chi connectivity index (χ2v) is 9.14. The zero-order chi connectivity index (χ0) is 27.5. The first kappa shape index (κ1) is 29.6. The number of amides is 3. The number of aliphatic carboxylic acids is 1. The molecule has 12 nitrogen and oxygen atoms in total. The third-order valence-corrected chi connectivity index (χ3v) is 6.32. The topological polar surface area (TPSA) is 200 Å². The fraction of sp³-hybridized carbons (Fsp3) is 0.458. The van der Waals surface area contributed by atoms with E-state index in [4.69, 9.17) is 5.73 Å². The molecule has 1 aromatic heterocycles. The van der Waals surface area contributed by atoms with Crippen LogP contribution in [-0.2, 0) is 32.0 Å². The number of carboxylic acid groups (broad SMARTS) is 1. The Balaban J connectivity index is 2.23. The summed E-state index contributed by atoms with van der Waals surface area (Å²) in [5.41, 5.74) is 6.85. The van der Waals surface area contributed by atoms with E-state index in [1.54, 1.807) is 19.1 Å². The minimum absolute atomic E-state index is 0.000444. The Kier molecular flexibility index (Phi) is 11.4. The maximum absolute atomic E-state index is 13.2. The van der Waals surface area contributed by atoms with Crippen molar-refractivity contribution < 1.29 is 29.4 Å². The highest BCUT2D eigenvalue weighted by molar-refractivity contribution is 7.80. The molecule has 0 saturated heterocycles. The first-order valence-electron chi connectivity index (χ1n) is 11.8. The molecule has 0 fully saturated rings. The number of phenols is 1. The number of aromatic hydroxyl groups is 1. The highest BCUT2D eigenvalue weighted by atomic mass is 32.1. The van der Waals surface area contributed by atoms with Gasteiger partial charge >= 0.3 is 5.97 Å². The van der Waals surface area contributed by atoms with E-state index in [1.165, 1.54) is 24.7 Å². The van der Waals surface area contributed by atoms with Crippen LogP contribution in [0.1, 0.15) is 31.5 Å². The number of aromatic nitrogens is 2. The maximum atomic E-state index is 13.2. The standard InChI is InChI=1S/C24H34N6O6S/c1-3-13(2)20(30-21(32)17(25)11-37)23(34)28-18(9-15-10-26-12-27-15)22(33)29-19(24(35)36)8-14-4-6-16(31)7-5-14/h4-7,10,12-13,17-20,31,37H,3,8-9,11,25H2,1-2H3,(H,26,27)(H,28,34)(H,29,33)(H,30,32)(H,35,36). The minimum Gasteiger partial charge on any atom is -0.508 e. The van der Waals surface area contributed by atoms with Crippen molar-refractivity contribution in [2.24, 2.45) is 11.7 Å². The van der Waals surface area contributed by atoms with E-state index >= 15 is 0 Å². The smallest absolute Gasteiger partial charge is 0.326 e. The molecule has 5 unspecified atom stereocenters. The van der Waals surface area contributed by atoms with E-state index in [1.807, 2.05) is 6.92 Å². The third kappa shape index (κ3) is 9.10. The van der Waals surface area contributed by atoms with Crippen molar-refractivity contribution in [3.63, 3.8) is 0 Å². The average Bonchev–Trinajstić information content (AvgIpc) is 3.39. The lowest BCUT2D eigenvalue weighted by Crippen LogP contribution is -2.59. The predicted molar refractivity (Wildman–Crippen MR) is 139 cm³/mol. The van der Waals surface area contributed by atoms with Gasteiger partial charge < -0.3 is 36.9 Å². The van der Waals surface area contributed by atoms with Crippen molar-refractivity contribution in [2.45, 2.75) is 57.3 Å². The van der Waals surface area contributed by atoms with Gasteiger partial charge in [-0.2, -0.15) is 12.6 Å². The molecule has 0 spiro atoms. The summed E-state index contributed by atoms with van der Waals surface area (Å²) in [5, 5.41) is 26.9. The Hall–Kier alpha value is -3.58. The normalized spacial score (nSPS) is 15.0. The van der Waals surface area contributed by atoms with Crippen molar-refractivity contribution >= 4 is 36.3 Å². The summed E-state index contributed by atoms with van der Waals surface area (Å²) in [4.78, 5) is 57.5. The number of aromatic amines is 1. The van der Waals surface area contributed by atoms with Crippen molar-refractivity contribution in [3.05, 3.63) is 48.0 Å². The summed E-state index contributed by atoms with van der Waals surface area (Å²) >= 11 is 4.02. The summed E-state index contributed by atoms with van der Waals surface area (Å²) < 4.78 is 0. The van der Waals surface area contributed by atoms with Gasteiger partial charge in [-0.15, -0.1) is 0 Å². The SMILES string of the molecule is CCC(C)C(NC(=O)C(N)CS)C(=O)NC(Cc1cnc[nH]1)C(=O)NC(Cc1ccc(O)cc1)C(=O)O. The van der Waals surface area contributed by atoms with E-state index in [0.29, 0.717) is 17.7 Å². The van der Waals surface area contributed by atoms with Gasteiger partial charge in [-0.1, -0.05) is 32.4 Å². The lowest BCUT2D eigenvalue weighted by atomic mass is 9.97. The van der Waals surface area contributed by atoms with Gasteiger partial charge in [-0.3, -0.25) is 14.4 Å². The van der Waals surface area contributed by atoms with Crippen LogP contribution in [0.4, 0.5) is 0 Å². The molecule has 37 heavy (non-hydrogen) atoms. The van der Waals surface area contributed by atoms with Gasteiger partial charge in [0, 0.05) is 30.5 Å². The molecule has 8 N–H and O–H groups in total. The zero-order valence-corrected chi connectivity index (χ0v) is 21.6. The number of carbonyl (C=O) groups is 4. The number of carbonyl (C=O) groups excluding carboxylic acids is 3. The second-order valence-electron chi connectivity index (χ2n) is 8.77. The number of thiol groups is 1. The summed E-state index contributed by atoms with van der Waals surface area (Å²) in [6, 6.07) is 1.58. The summed E-state index contributed by atoms with van der Waals surface area (Å²) in [6.07, 6.45) is 3.41. The lowest BCUT2D eigenvalue weighted by Gasteiger charge is -2.27. The van der Waals surface area contributed by atoms with Crippen LogP contribution in [0.15, 0.2) is 36.8 Å². The van der Waals surface area contributed by atoms with Crippen LogP contribution < -0.4 is 21.7 Å². The molecular formula is C24H34N6O6S. The average molecular weight is 535 g/mol. The highest BCUT2D eigenvalue weighted by Crippen LogP contribution is 2.13. The van der Waals surface area contributed by atoms with E-state index in [2.05, 4.69) is 38.5 Å². The van der Waals surface area contributed by atoms with Gasteiger partial charge in [-0.25, -0.2) is 9.78 Å². The Morgan fingerprint density at radius 2 is 1.68 bits per heavy atom. The van der Waals surface area contributed by atoms with Crippen LogP contribution in [-0.4, -0.2) is 73.8 Å². The van der Waals surface area contributed by atoms with Crippen LogP contribution in [0.2, 0.25) is 0 Å². The lowest BCUT2D eigenvalue weighted by molar-refractivity contribution is -0.142. The van der Waals surface area contributed by atoms with Crippen molar-refractivity contribution in [3.8, 4) is 5.75 Å². The van der Waals surface area contributed by atoms with Crippen LogP contribution in [0.3, 0.4) is 0 Å². The molecule has 0 radical (unpaired) electrons. The van der Waals surface area contributed by atoms with Gasteiger partial charge in [0.1, 0.15) is 23.9 Å². The maximum Gasteiger partial charge on any atom is 0.326 e. The summed E-state index contributed by atoms with van der Waals surface area (Å²) in [5.74, 6) is -3.32. The quantitative estimate of drug-likeness (QED) is 0.152. The number of hydrogen-bond donors (Lipinski definition) is 8. The van der Waals surface area contributed by atoms with E-state index in [0.717, 1.165) is 0 Å². The molecule has 2 aromatic rings. The molecule has 1 aromatic carbocycles. The number of phenolic OH excluding ortho intramolecular Hbond substituents is 1. The fourth-order valence-corrected chi connectivity index (χ4v) is 3.64. The summed E-state index contributed by atoms with van der Waals surface area (Å²) in [6.45, 7) is 3.63. The minimum atomic E-state index is -1.29. The van der Waals surface area contributed by atoms with Crippen molar-refractivity contribution in [2.75, 3.05) is 5.75 Å². The number of nitrogens with two attached hydrogens (primary N) is 1. The Morgan fingerprint density at radius 1 is 1.03 bits per heavy atom. The van der Waals surface area contributed by atoms with Gasteiger partial charge in [0.15, 0.2) is 0 Å². The number of carboxylic acids is 1. The molecule has 0 aliphatic carbocycles. The number of nitrogens with zero attached hydrogens (tertiary/aromatic N) is 1. The van der Waals surface area contributed by atoms with Crippen molar-refractivity contribution in [1.29, 1.82) is 0 Å². The van der Waals surface area contributed by atoms with E-state index in [9.17, 15) is 29.4 Å². The number of rotatable bonds is 14. The Morgan fingerprint density at radius 3 is 2.22 bits per heavy atom. The predicted octanol–water partition coefficient (Wildman–Crippen LogP) is -0.257. The molecule has 5 atom stereocenters. The largest absolute Gasteiger partial charge is 0.508 e. The first-order chi connectivity index (χ1) is 17.5. The number of benzene rings is 1. The van der Waals surface area contributed by atoms with Crippen molar-refractivity contribution in [1.82, 2.24) is 25.9 Å². The Bertz CT molecular complexity index is 1050. The van der Waals surface area contributed by atoms with Gasteiger partial charge in [0.05, 0.1) is 12.4 Å². The molecule has 0 aliphatic heterocycles. The number of nitrogens with one attached hydrogen (secondary N) is 4. The summed E-state index contributed by atoms with van der Waals surface area (Å²) in [7, 11) is 0. The number of imidazole rings is 1. The molecule has 13 heteroatoms. The van der Waals surface area contributed by atoms with Crippen LogP contribution in [0.5, 0.6) is 5.75 Å². The third-order valence-electron chi connectivity index (χ3n) is 5.93. The first-order valence-corrected chi connectivity index (χ1v) is 12.4. The number of H-pyrrole nitrogens is 1. The van der Waals surface area contributed by atoms with Gasteiger partial charge in [0.25, 0.3) is 0 Å². The highest BCUT2D eigenvalue weighted by Gasteiger charge is 2.32. The molecule has 2 rings (SSSR count). The van der Waals surface area contributed by atoms with Crippen LogP contribution >= 0.6 is 12.6 Å². The molecular weight excluding hydrogens is 500 g/mol. The molecule has 0 aliphatic rings. The Labute approximate surface area is 220 Å². The van der Waals surface area contributed by atoms with Gasteiger partial charge in [-0.05, 0) is 23.6 Å². The second kappa shape index (κ2) is 14.2. The molecule has 1 heterocycles. The van der Waals surface area contributed by atoms with Gasteiger partial charge in [0.2, 0.25) is 17.7 Å². The molecule has 0 saturated carbocycles. The van der Waals surface area contributed by atoms with Crippen LogP contribution in [0.25, 0.3) is 0 Å². The number of hydrogen-bond acceptors (Lipinski definition) is 8. The molecule has 3 amide bonds. The fourth-order valence-electron chi connectivity index (χ4n) is 3.47. The van der Waals surface area contributed by atoms with E-state index < -0.39 is 47.9 Å². The molecule has 0 bridgehead atoms. The van der Waals surface area contributed by atoms with Crippen LogP contribution in [0, 0.1) is 5.92 Å².